The first-order valence-corrected chi connectivity index (χ1v) is 8.13. The number of nitrogens with one attached hydrogen (secondary N) is 1. The van der Waals surface area contributed by atoms with Gasteiger partial charge in [0.05, 0.1) is 18.6 Å². The molecule has 0 spiro atoms. The van der Waals surface area contributed by atoms with Crippen LogP contribution < -0.4 is 5.32 Å². The van der Waals surface area contributed by atoms with Crippen LogP contribution in [0.25, 0.3) is 0 Å². The second-order valence-electron chi connectivity index (χ2n) is 5.75. The number of thiazole rings is 1. The number of amides is 1. The fraction of sp³-hybridized carbons (Fsp3) is 0.714. The Labute approximate surface area is 136 Å². The fourth-order valence-electron chi connectivity index (χ4n) is 2.79. The van der Waals surface area contributed by atoms with Crippen molar-refractivity contribution in [2.45, 2.75) is 25.6 Å². The molecule has 0 radical (unpaired) electrons. The van der Waals surface area contributed by atoms with Gasteiger partial charge in [0.15, 0.2) is 5.69 Å². The van der Waals surface area contributed by atoms with E-state index >= 15 is 0 Å². The number of ether oxygens (including phenoxy) is 1. The molecule has 0 unspecified atom stereocenters. The summed E-state index contributed by atoms with van der Waals surface area (Å²) in [5, 5.41) is 4.45. The quantitative estimate of drug-likeness (QED) is 0.883. The molecule has 0 atom stereocenters. The molecule has 2 heterocycles. The third kappa shape index (κ3) is 4.21. The van der Waals surface area contributed by atoms with E-state index in [2.05, 4.69) is 10.3 Å². The number of carbonyl (C=O) groups is 1. The number of nitrogens with zero attached hydrogens (tertiary/aromatic N) is 2. The lowest BCUT2D eigenvalue weighted by Crippen LogP contribution is -2.50. The van der Waals surface area contributed by atoms with Gasteiger partial charge in [-0.25, -0.2) is 4.98 Å². The standard InChI is InChI=1S/C14H20F3N3O2S/c1-20(7-11-19-10(8-23-11)14(15,16)17)12(21)13(9-22-2)3-5-18-6-4-13/h8,18H,3-7,9H2,1-2H3. The molecule has 1 aromatic heterocycles. The van der Waals surface area contributed by atoms with Crippen LogP contribution in [0.1, 0.15) is 23.5 Å². The Morgan fingerprint density at radius 3 is 2.65 bits per heavy atom. The van der Waals surface area contributed by atoms with Crippen LogP contribution in [0.2, 0.25) is 0 Å². The van der Waals surface area contributed by atoms with Gasteiger partial charge in [-0.15, -0.1) is 11.3 Å². The van der Waals surface area contributed by atoms with Gasteiger partial charge in [0.1, 0.15) is 5.01 Å². The highest BCUT2D eigenvalue weighted by atomic mass is 32.1. The van der Waals surface area contributed by atoms with Gasteiger partial charge in [0, 0.05) is 19.5 Å². The summed E-state index contributed by atoms with van der Waals surface area (Å²) in [6.07, 6.45) is -3.16. The van der Waals surface area contributed by atoms with Crippen LogP contribution in [0.5, 0.6) is 0 Å². The van der Waals surface area contributed by atoms with E-state index in [1.165, 1.54) is 4.90 Å². The van der Waals surface area contributed by atoms with Gasteiger partial charge in [-0.05, 0) is 25.9 Å². The van der Waals surface area contributed by atoms with Crippen LogP contribution in [-0.2, 0) is 22.3 Å². The predicted octanol–water partition coefficient (Wildman–Crippen LogP) is 2.14. The highest BCUT2D eigenvalue weighted by Gasteiger charge is 2.41. The Kier molecular flexibility index (Phi) is 5.64. The van der Waals surface area contributed by atoms with E-state index in [9.17, 15) is 18.0 Å². The molecule has 1 aliphatic heterocycles. The number of carbonyl (C=O) groups excluding carboxylic acids is 1. The molecule has 2 rings (SSSR count). The molecule has 23 heavy (non-hydrogen) atoms. The first kappa shape index (κ1) is 18.2. The van der Waals surface area contributed by atoms with Crippen LogP contribution in [0, 0.1) is 5.41 Å². The van der Waals surface area contributed by atoms with Crippen LogP contribution in [0.3, 0.4) is 0 Å². The summed E-state index contributed by atoms with van der Waals surface area (Å²) in [6.45, 7) is 1.82. The monoisotopic (exact) mass is 351 g/mol. The van der Waals surface area contributed by atoms with Crippen LogP contribution >= 0.6 is 11.3 Å². The molecule has 0 aliphatic carbocycles. The maximum atomic E-state index is 12.8. The molecule has 130 valence electrons. The van der Waals surface area contributed by atoms with Gasteiger partial charge in [-0.3, -0.25) is 4.79 Å². The third-order valence-corrected chi connectivity index (χ3v) is 4.83. The van der Waals surface area contributed by atoms with Gasteiger partial charge in [-0.2, -0.15) is 13.2 Å². The van der Waals surface area contributed by atoms with Crippen molar-refractivity contribution in [2.24, 2.45) is 5.41 Å². The summed E-state index contributed by atoms with van der Waals surface area (Å²) in [6, 6.07) is 0. The number of hydrogen-bond donors (Lipinski definition) is 1. The normalized spacial score (nSPS) is 18.0. The summed E-state index contributed by atoms with van der Waals surface area (Å²) in [5.74, 6) is -0.107. The zero-order chi connectivity index (χ0) is 17.1. The van der Waals surface area contributed by atoms with Crippen LogP contribution in [-0.4, -0.2) is 49.6 Å². The Hall–Kier alpha value is -1.19. The van der Waals surface area contributed by atoms with Gasteiger partial charge in [0.2, 0.25) is 5.91 Å². The van der Waals surface area contributed by atoms with E-state index in [1.807, 2.05) is 0 Å². The molecule has 0 saturated carbocycles. The average molecular weight is 351 g/mol. The van der Waals surface area contributed by atoms with E-state index in [0.29, 0.717) is 19.4 Å². The molecular formula is C14H20F3N3O2S. The summed E-state index contributed by atoms with van der Waals surface area (Å²) < 4.78 is 43.0. The topological polar surface area (TPSA) is 54.5 Å². The number of halogens is 3. The van der Waals surface area contributed by atoms with Crippen molar-refractivity contribution in [1.29, 1.82) is 0 Å². The molecule has 1 amide bonds. The highest BCUT2D eigenvalue weighted by Crippen LogP contribution is 2.33. The Balaban J connectivity index is 2.07. The zero-order valence-corrected chi connectivity index (χ0v) is 13.9. The number of piperidine rings is 1. The van der Waals surface area contributed by atoms with Crippen molar-refractivity contribution in [3.63, 3.8) is 0 Å². The lowest BCUT2D eigenvalue weighted by molar-refractivity contribution is -0.146. The molecule has 1 fully saturated rings. The minimum atomic E-state index is -4.45. The number of methoxy groups -OCH3 is 1. The van der Waals surface area contributed by atoms with Crippen LogP contribution in [0.4, 0.5) is 13.2 Å². The van der Waals surface area contributed by atoms with Crippen molar-refractivity contribution < 1.29 is 22.7 Å². The SMILES string of the molecule is COCC1(C(=O)N(C)Cc2nc(C(F)(F)F)cs2)CCNCC1. The first-order chi connectivity index (χ1) is 10.8. The van der Waals surface area contributed by atoms with E-state index in [4.69, 9.17) is 4.74 Å². The first-order valence-electron chi connectivity index (χ1n) is 7.25. The summed E-state index contributed by atoms with van der Waals surface area (Å²) >= 11 is 0.912. The summed E-state index contributed by atoms with van der Waals surface area (Å²) in [5.41, 5.74) is -1.52. The summed E-state index contributed by atoms with van der Waals surface area (Å²) in [7, 11) is 3.14. The largest absolute Gasteiger partial charge is 0.434 e. The number of aromatic nitrogens is 1. The molecule has 0 aromatic carbocycles. The lowest BCUT2D eigenvalue weighted by Gasteiger charge is -2.38. The second-order valence-corrected chi connectivity index (χ2v) is 6.69. The van der Waals surface area contributed by atoms with Crippen molar-refractivity contribution in [2.75, 3.05) is 33.9 Å². The predicted molar refractivity (Wildman–Crippen MR) is 80.0 cm³/mol. The van der Waals surface area contributed by atoms with Gasteiger partial charge >= 0.3 is 6.18 Å². The van der Waals surface area contributed by atoms with Gasteiger partial charge in [0.25, 0.3) is 0 Å². The minimum absolute atomic E-state index is 0.0679. The maximum Gasteiger partial charge on any atom is 0.434 e. The fourth-order valence-corrected chi connectivity index (χ4v) is 3.65. The smallest absolute Gasteiger partial charge is 0.384 e. The Bertz CT molecular complexity index is 536. The number of alkyl halides is 3. The van der Waals surface area contributed by atoms with E-state index in [-0.39, 0.29) is 17.5 Å². The summed E-state index contributed by atoms with van der Waals surface area (Å²) in [4.78, 5) is 17.8. The lowest BCUT2D eigenvalue weighted by atomic mass is 9.78. The maximum absolute atomic E-state index is 12.8. The molecule has 1 aromatic rings. The number of rotatable bonds is 5. The third-order valence-electron chi connectivity index (χ3n) is 4.00. The number of hydrogen-bond acceptors (Lipinski definition) is 5. The molecular weight excluding hydrogens is 331 g/mol. The Morgan fingerprint density at radius 1 is 1.48 bits per heavy atom. The average Bonchev–Trinajstić information content (AvgIpc) is 2.96. The molecule has 9 heteroatoms. The zero-order valence-electron chi connectivity index (χ0n) is 13.1. The molecule has 5 nitrogen and oxygen atoms in total. The van der Waals surface area contributed by atoms with E-state index in [1.54, 1.807) is 14.2 Å². The van der Waals surface area contributed by atoms with Crippen molar-refractivity contribution in [1.82, 2.24) is 15.2 Å². The van der Waals surface area contributed by atoms with Crippen molar-refractivity contribution in [3.8, 4) is 0 Å². The molecule has 1 saturated heterocycles. The minimum Gasteiger partial charge on any atom is -0.384 e. The Morgan fingerprint density at radius 2 is 2.13 bits per heavy atom. The highest BCUT2D eigenvalue weighted by molar-refractivity contribution is 7.09. The van der Waals surface area contributed by atoms with E-state index < -0.39 is 17.3 Å². The van der Waals surface area contributed by atoms with Gasteiger partial charge in [-0.1, -0.05) is 0 Å². The van der Waals surface area contributed by atoms with Crippen LogP contribution in [0.15, 0.2) is 5.38 Å². The molecule has 1 aliphatic rings. The second kappa shape index (κ2) is 7.14. The van der Waals surface area contributed by atoms with Crippen molar-refractivity contribution >= 4 is 17.2 Å². The van der Waals surface area contributed by atoms with Crippen molar-refractivity contribution in [3.05, 3.63) is 16.1 Å². The molecule has 1 N–H and O–H groups in total. The van der Waals surface area contributed by atoms with E-state index in [0.717, 1.165) is 29.8 Å². The van der Waals surface area contributed by atoms with Gasteiger partial charge < -0.3 is 15.0 Å². The molecule has 0 bridgehead atoms.